The van der Waals surface area contributed by atoms with E-state index >= 15 is 0 Å². The predicted molar refractivity (Wildman–Crippen MR) is 66.1 cm³/mol. The lowest BCUT2D eigenvalue weighted by atomic mass is 10.0. The Morgan fingerprint density at radius 3 is 2.65 bits per heavy atom. The van der Waals surface area contributed by atoms with E-state index in [-0.39, 0.29) is 10.0 Å². The van der Waals surface area contributed by atoms with Gasteiger partial charge in [0.15, 0.2) is 11.6 Å². The molecule has 0 aliphatic rings. The molecule has 0 aliphatic carbocycles. The summed E-state index contributed by atoms with van der Waals surface area (Å²) in [6, 6.07) is 4.18. The molecule has 0 aliphatic heterocycles. The van der Waals surface area contributed by atoms with Gasteiger partial charge in [0.25, 0.3) is 0 Å². The highest BCUT2D eigenvalue weighted by Gasteiger charge is 2.21. The summed E-state index contributed by atoms with van der Waals surface area (Å²) >= 11 is 4.27. The maximum Gasteiger partial charge on any atom is 0.201 e. The van der Waals surface area contributed by atoms with Crippen molar-refractivity contribution in [2.24, 2.45) is 5.73 Å². The van der Waals surface area contributed by atoms with Crippen LogP contribution in [-0.2, 0) is 0 Å². The van der Waals surface area contributed by atoms with E-state index in [1.54, 1.807) is 12.1 Å². The fraction of sp³-hybridized carbons (Fsp3) is 0.0909. The predicted octanol–water partition coefficient (Wildman–Crippen LogP) is 3.54. The van der Waals surface area contributed by atoms with Crippen LogP contribution in [0, 0.1) is 11.6 Å². The summed E-state index contributed by atoms with van der Waals surface area (Å²) in [5, 5.41) is 11.4. The molecule has 6 heteroatoms. The van der Waals surface area contributed by atoms with Crippen LogP contribution in [0.1, 0.15) is 16.5 Å². The van der Waals surface area contributed by atoms with Crippen molar-refractivity contribution in [2.75, 3.05) is 0 Å². The van der Waals surface area contributed by atoms with Gasteiger partial charge in [0.05, 0.1) is 10.5 Å². The molecule has 0 radical (unpaired) electrons. The van der Waals surface area contributed by atoms with E-state index in [4.69, 9.17) is 5.73 Å². The van der Waals surface area contributed by atoms with Crippen molar-refractivity contribution in [3.63, 3.8) is 0 Å². The number of rotatable bonds is 2. The van der Waals surface area contributed by atoms with Gasteiger partial charge in [-0.3, -0.25) is 0 Å². The lowest BCUT2D eigenvalue weighted by Crippen LogP contribution is -2.11. The highest BCUT2D eigenvalue weighted by Crippen LogP contribution is 2.36. The Balaban J connectivity index is 2.53. The molecule has 17 heavy (non-hydrogen) atoms. The number of nitrogens with two attached hydrogens (primary N) is 1. The molecule has 2 nitrogen and oxygen atoms in total. The molecule has 1 aromatic heterocycles. The van der Waals surface area contributed by atoms with Crippen LogP contribution in [0.4, 0.5) is 8.78 Å². The molecule has 2 aromatic rings. The summed E-state index contributed by atoms with van der Waals surface area (Å²) in [5.74, 6) is -3.15. The molecular formula is C11H8BrF2NOS. The van der Waals surface area contributed by atoms with Gasteiger partial charge in [-0.05, 0) is 33.4 Å². The van der Waals surface area contributed by atoms with Crippen LogP contribution in [0.25, 0.3) is 0 Å². The maximum atomic E-state index is 13.3. The fourth-order valence-corrected chi connectivity index (χ4v) is 2.63. The molecule has 1 aromatic carbocycles. The van der Waals surface area contributed by atoms with Crippen LogP contribution in [-0.4, -0.2) is 5.11 Å². The second-order valence-corrected chi connectivity index (χ2v) is 5.25. The van der Waals surface area contributed by atoms with E-state index in [0.717, 1.165) is 4.88 Å². The fourth-order valence-electron chi connectivity index (χ4n) is 1.46. The lowest BCUT2D eigenvalue weighted by Gasteiger charge is -2.13. The third-order valence-electron chi connectivity index (χ3n) is 2.35. The van der Waals surface area contributed by atoms with Gasteiger partial charge in [-0.15, -0.1) is 11.3 Å². The van der Waals surface area contributed by atoms with Crippen LogP contribution in [0.3, 0.4) is 0 Å². The van der Waals surface area contributed by atoms with Gasteiger partial charge in [-0.25, -0.2) is 4.39 Å². The first-order chi connectivity index (χ1) is 8.02. The number of phenolic OH excluding ortho intramolecular Hbond substituents is 1. The van der Waals surface area contributed by atoms with Crippen molar-refractivity contribution in [3.8, 4) is 5.75 Å². The van der Waals surface area contributed by atoms with E-state index in [2.05, 4.69) is 15.9 Å². The summed E-state index contributed by atoms with van der Waals surface area (Å²) in [6.07, 6.45) is 0. The molecule has 1 heterocycles. The van der Waals surface area contributed by atoms with E-state index in [1.165, 1.54) is 17.4 Å². The van der Waals surface area contributed by atoms with Crippen LogP contribution < -0.4 is 5.73 Å². The SMILES string of the molecule is N[C@H](c1cccs1)c1cc(Br)c(F)c(F)c1O. The van der Waals surface area contributed by atoms with Crippen molar-refractivity contribution in [3.05, 3.63) is 50.1 Å². The summed E-state index contributed by atoms with van der Waals surface area (Å²) in [4.78, 5) is 0.762. The second-order valence-electron chi connectivity index (χ2n) is 3.42. The van der Waals surface area contributed by atoms with Crippen molar-refractivity contribution in [1.29, 1.82) is 0 Å². The quantitative estimate of drug-likeness (QED) is 0.832. The summed E-state index contributed by atoms with van der Waals surface area (Å²) in [6.45, 7) is 0. The zero-order valence-corrected chi connectivity index (χ0v) is 10.9. The first-order valence-corrected chi connectivity index (χ1v) is 6.35. The maximum absolute atomic E-state index is 13.3. The summed E-state index contributed by atoms with van der Waals surface area (Å²) in [7, 11) is 0. The minimum atomic E-state index is -1.29. The van der Waals surface area contributed by atoms with Gasteiger partial charge >= 0.3 is 0 Å². The van der Waals surface area contributed by atoms with Crippen LogP contribution in [0.5, 0.6) is 5.75 Å². The molecule has 0 unspecified atom stereocenters. The molecule has 0 bridgehead atoms. The molecule has 90 valence electrons. The number of hydrogen-bond donors (Lipinski definition) is 2. The van der Waals surface area contributed by atoms with E-state index in [9.17, 15) is 13.9 Å². The van der Waals surface area contributed by atoms with Crippen molar-refractivity contribution in [1.82, 2.24) is 0 Å². The first kappa shape index (κ1) is 12.5. The van der Waals surface area contributed by atoms with Gasteiger partial charge in [-0.2, -0.15) is 4.39 Å². The van der Waals surface area contributed by atoms with Gasteiger partial charge < -0.3 is 10.8 Å². The second kappa shape index (κ2) is 4.72. The third-order valence-corrected chi connectivity index (χ3v) is 3.88. The van der Waals surface area contributed by atoms with Gasteiger partial charge in [-0.1, -0.05) is 6.07 Å². The van der Waals surface area contributed by atoms with Gasteiger partial charge in [0.1, 0.15) is 0 Å². The molecule has 0 spiro atoms. The number of benzene rings is 1. The van der Waals surface area contributed by atoms with Crippen molar-refractivity contribution < 1.29 is 13.9 Å². The van der Waals surface area contributed by atoms with E-state index < -0.39 is 23.4 Å². The molecule has 0 amide bonds. The molecule has 1 atom stereocenters. The summed E-state index contributed by atoms with van der Waals surface area (Å²) in [5.41, 5.74) is 6.04. The van der Waals surface area contributed by atoms with Crippen LogP contribution in [0.2, 0.25) is 0 Å². The molecule has 0 saturated heterocycles. The largest absolute Gasteiger partial charge is 0.505 e. The monoisotopic (exact) mass is 319 g/mol. The molecular weight excluding hydrogens is 312 g/mol. The Labute approximate surface area is 109 Å². The van der Waals surface area contributed by atoms with E-state index in [0.29, 0.717) is 0 Å². The Bertz CT molecular complexity index is 545. The van der Waals surface area contributed by atoms with Gasteiger partial charge in [0, 0.05) is 10.4 Å². The standard InChI is InChI=1S/C11H8BrF2NOS/c12-6-4-5(11(16)9(14)8(6)13)10(15)7-2-1-3-17-7/h1-4,10,16H,15H2/t10-/m0/s1. The number of thiophene rings is 1. The topological polar surface area (TPSA) is 46.2 Å². The molecule has 0 fully saturated rings. The number of hydrogen-bond acceptors (Lipinski definition) is 3. The number of aromatic hydroxyl groups is 1. The smallest absolute Gasteiger partial charge is 0.201 e. The average molecular weight is 320 g/mol. The Morgan fingerprint density at radius 2 is 2.06 bits per heavy atom. The Hall–Kier alpha value is -0.980. The first-order valence-electron chi connectivity index (χ1n) is 4.67. The van der Waals surface area contributed by atoms with Crippen molar-refractivity contribution >= 4 is 27.3 Å². The molecule has 3 N–H and O–H groups in total. The highest BCUT2D eigenvalue weighted by molar-refractivity contribution is 9.10. The highest BCUT2D eigenvalue weighted by atomic mass is 79.9. The number of halogens is 3. The van der Waals surface area contributed by atoms with Crippen molar-refractivity contribution in [2.45, 2.75) is 6.04 Å². The third kappa shape index (κ3) is 2.20. The zero-order valence-electron chi connectivity index (χ0n) is 8.45. The Kier molecular flexibility index (Phi) is 3.46. The minimum absolute atomic E-state index is 0.0604. The molecule has 2 rings (SSSR count). The van der Waals surface area contributed by atoms with Gasteiger partial charge in [0.2, 0.25) is 5.82 Å². The zero-order chi connectivity index (χ0) is 12.6. The number of phenols is 1. The molecule has 0 saturated carbocycles. The normalized spacial score (nSPS) is 12.7. The minimum Gasteiger partial charge on any atom is -0.505 e. The van der Waals surface area contributed by atoms with Crippen LogP contribution >= 0.6 is 27.3 Å². The van der Waals surface area contributed by atoms with Crippen LogP contribution in [0.15, 0.2) is 28.1 Å². The lowest BCUT2D eigenvalue weighted by molar-refractivity contribution is 0.398. The Morgan fingerprint density at radius 1 is 1.35 bits per heavy atom. The average Bonchev–Trinajstić information content (AvgIpc) is 2.84. The summed E-state index contributed by atoms with van der Waals surface area (Å²) < 4.78 is 26.4. The van der Waals surface area contributed by atoms with E-state index in [1.807, 2.05) is 5.38 Å².